The third kappa shape index (κ3) is 1.38. The number of hydrogen-bond acceptors (Lipinski definition) is 3. The minimum Gasteiger partial charge on any atom is -0.506 e. The van der Waals surface area contributed by atoms with Gasteiger partial charge >= 0.3 is 0 Å². The zero-order chi connectivity index (χ0) is 12.9. The van der Waals surface area contributed by atoms with E-state index in [1.165, 1.54) is 12.1 Å². The Morgan fingerprint density at radius 3 is 1.89 bits per heavy atom. The number of carbonyl (C=O) groups is 2. The van der Waals surface area contributed by atoms with Gasteiger partial charge in [-0.1, -0.05) is 35.9 Å². The van der Waals surface area contributed by atoms with Crippen LogP contribution in [0.2, 0.25) is 5.02 Å². The summed E-state index contributed by atoms with van der Waals surface area (Å²) in [5.41, 5.74) is 1.16. The Morgan fingerprint density at radius 1 is 0.833 bits per heavy atom. The first-order chi connectivity index (χ1) is 8.59. The van der Waals surface area contributed by atoms with E-state index in [9.17, 15) is 14.7 Å². The van der Waals surface area contributed by atoms with E-state index in [1.807, 2.05) is 0 Å². The van der Waals surface area contributed by atoms with Gasteiger partial charge in [0.1, 0.15) is 5.75 Å². The summed E-state index contributed by atoms with van der Waals surface area (Å²) in [6.07, 6.45) is 0. The van der Waals surface area contributed by atoms with Gasteiger partial charge < -0.3 is 5.11 Å². The van der Waals surface area contributed by atoms with E-state index in [-0.39, 0.29) is 33.5 Å². The molecule has 0 heterocycles. The van der Waals surface area contributed by atoms with Crippen molar-refractivity contribution in [1.29, 1.82) is 0 Å². The van der Waals surface area contributed by atoms with Crippen LogP contribution >= 0.6 is 11.6 Å². The molecule has 0 spiro atoms. The fraction of sp³-hybridized carbons (Fsp3) is 0. The van der Waals surface area contributed by atoms with Crippen LogP contribution in [0.4, 0.5) is 0 Å². The summed E-state index contributed by atoms with van der Waals surface area (Å²) in [6.45, 7) is 0. The van der Waals surface area contributed by atoms with Gasteiger partial charge in [0.05, 0.1) is 5.02 Å². The molecule has 4 heteroatoms. The van der Waals surface area contributed by atoms with Crippen LogP contribution < -0.4 is 0 Å². The third-order valence-electron chi connectivity index (χ3n) is 2.99. The quantitative estimate of drug-likeness (QED) is 0.675. The molecule has 0 saturated carbocycles. The highest BCUT2D eigenvalue weighted by Gasteiger charge is 2.30. The Hall–Kier alpha value is -2.13. The maximum atomic E-state index is 12.2. The normalized spacial score (nSPS) is 13.2. The molecule has 1 aliphatic rings. The molecule has 0 aromatic heterocycles. The summed E-state index contributed by atoms with van der Waals surface area (Å²) < 4.78 is 0. The molecule has 3 nitrogen and oxygen atoms in total. The van der Waals surface area contributed by atoms with E-state index in [4.69, 9.17) is 11.6 Å². The number of phenols is 1. The fourth-order valence-electron chi connectivity index (χ4n) is 2.11. The van der Waals surface area contributed by atoms with Crippen molar-refractivity contribution in [2.45, 2.75) is 0 Å². The number of carbonyl (C=O) groups excluding carboxylic acids is 2. The standard InChI is InChI=1S/C14H7ClO3/c15-11-5-9-10(6-12(11)16)14(18)8-4-2-1-3-7(8)13(9)17/h1-6,16H. The maximum Gasteiger partial charge on any atom is 0.194 e. The molecule has 0 amide bonds. The highest BCUT2D eigenvalue weighted by atomic mass is 35.5. The number of halogens is 1. The van der Waals surface area contributed by atoms with E-state index in [1.54, 1.807) is 24.3 Å². The zero-order valence-corrected chi connectivity index (χ0v) is 9.86. The molecule has 0 aliphatic heterocycles. The fourth-order valence-corrected chi connectivity index (χ4v) is 2.27. The predicted molar refractivity (Wildman–Crippen MR) is 66.4 cm³/mol. The molecule has 2 aromatic carbocycles. The van der Waals surface area contributed by atoms with Crippen molar-refractivity contribution in [3.8, 4) is 5.75 Å². The number of ketones is 2. The second-order valence-electron chi connectivity index (χ2n) is 4.05. The van der Waals surface area contributed by atoms with Gasteiger partial charge in [-0.05, 0) is 12.1 Å². The molecule has 88 valence electrons. The molecule has 0 fully saturated rings. The summed E-state index contributed by atoms with van der Waals surface area (Å²) in [4.78, 5) is 24.4. The van der Waals surface area contributed by atoms with Gasteiger partial charge in [-0.3, -0.25) is 9.59 Å². The Balaban J connectivity index is 2.34. The van der Waals surface area contributed by atoms with Crippen molar-refractivity contribution < 1.29 is 14.7 Å². The average Bonchev–Trinajstić information content (AvgIpc) is 2.38. The molecule has 2 aromatic rings. The van der Waals surface area contributed by atoms with Crippen LogP contribution in [-0.2, 0) is 0 Å². The third-order valence-corrected chi connectivity index (χ3v) is 3.30. The van der Waals surface area contributed by atoms with Crippen molar-refractivity contribution in [3.63, 3.8) is 0 Å². The molecule has 1 N–H and O–H groups in total. The van der Waals surface area contributed by atoms with Crippen LogP contribution in [0.5, 0.6) is 5.75 Å². The first-order valence-corrected chi connectivity index (χ1v) is 5.68. The van der Waals surface area contributed by atoms with Crippen LogP contribution in [0.25, 0.3) is 0 Å². The monoisotopic (exact) mass is 258 g/mol. The lowest BCUT2D eigenvalue weighted by atomic mass is 9.84. The number of aromatic hydroxyl groups is 1. The molecule has 3 rings (SSSR count). The van der Waals surface area contributed by atoms with Crippen molar-refractivity contribution in [2.24, 2.45) is 0 Å². The SMILES string of the molecule is O=C1c2ccccc2C(=O)c2cc(Cl)c(O)cc21. The molecular formula is C14H7ClO3. The van der Waals surface area contributed by atoms with E-state index >= 15 is 0 Å². The van der Waals surface area contributed by atoms with Gasteiger partial charge in [-0.25, -0.2) is 0 Å². The molecule has 1 aliphatic carbocycles. The molecule has 0 unspecified atom stereocenters. The van der Waals surface area contributed by atoms with Crippen molar-refractivity contribution in [2.75, 3.05) is 0 Å². The van der Waals surface area contributed by atoms with Crippen LogP contribution in [0, 0.1) is 0 Å². The van der Waals surface area contributed by atoms with Crippen molar-refractivity contribution in [3.05, 3.63) is 63.7 Å². The molecule has 0 bridgehead atoms. The van der Waals surface area contributed by atoms with E-state index < -0.39 is 0 Å². The largest absolute Gasteiger partial charge is 0.506 e. The number of phenolic OH excluding ortho intramolecular Hbond substituents is 1. The van der Waals surface area contributed by atoms with E-state index in [2.05, 4.69) is 0 Å². The Kier molecular flexibility index (Phi) is 2.25. The molecule has 0 radical (unpaired) electrons. The average molecular weight is 259 g/mol. The highest BCUT2D eigenvalue weighted by molar-refractivity contribution is 6.34. The summed E-state index contributed by atoms with van der Waals surface area (Å²) in [6, 6.07) is 9.20. The van der Waals surface area contributed by atoms with Gasteiger partial charge in [0, 0.05) is 22.3 Å². The van der Waals surface area contributed by atoms with Crippen LogP contribution in [0.3, 0.4) is 0 Å². The van der Waals surface area contributed by atoms with Gasteiger partial charge in [-0.15, -0.1) is 0 Å². The van der Waals surface area contributed by atoms with Crippen LogP contribution in [-0.4, -0.2) is 16.7 Å². The lowest BCUT2D eigenvalue weighted by Gasteiger charge is -2.17. The number of rotatable bonds is 0. The van der Waals surface area contributed by atoms with Gasteiger partial charge in [-0.2, -0.15) is 0 Å². The predicted octanol–water partition coefficient (Wildman–Crippen LogP) is 2.82. The summed E-state index contributed by atoms with van der Waals surface area (Å²) >= 11 is 5.77. The number of fused-ring (bicyclic) bond motifs is 2. The van der Waals surface area contributed by atoms with E-state index in [0.29, 0.717) is 11.1 Å². The second kappa shape index (κ2) is 3.68. The highest BCUT2D eigenvalue weighted by Crippen LogP contribution is 2.33. The Morgan fingerprint density at radius 2 is 1.33 bits per heavy atom. The summed E-state index contributed by atoms with van der Waals surface area (Å²) in [5.74, 6) is -0.717. The smallest absolute Gasteiger partial charge is 0.194 e. The molecule has 0 atom stereocenters. The van der Waals surface area contributed by atoms with Crippen molar-refractivity contribution >= 4 is 23.2 Å². The number of hydrogen-bond donors (Lipinski definition) is 1. The van der Waals surface area contributed by atoms with Gasteiger partial charge in [0.15, 0.2) is 11.6 Å². The Labute approximate surface area is 108 Å². The molecule has 18 heavy (non-hydrogen) atoms. The van der Waals surface area contributed by atoms with E-state index in [0.717, 1.165) is 0 Å². The minimum atomic E-state index is -0.271. The van der Waals surface area contributed by atoms with Crippen LogP contribution in [0.15, 0.2) is 36.4 Å². The minimum absolute atomic E-state index is 0.0641. The second-order valence-corrected chi connectivity index (χ2v) is 4.46. The molecule has 0 saturated heterocycles. The summed E-state index contributed by atoms with van der Waals surface area (Å²) in [5, 5.41) is 9.60. The zero-order valence-electron chi connectivity index (χ0n) is 9.11. The molecular weight excluding hydrogens is 252 g/mol. The van der Waals surface area contributed by atoms with Crippen LogP contribution in [0.1, 0.15) is 31.8 Å². The lowest BCUT2D eigenvalue weighted by molar-refractivity contribution is 0.0979. The van der Waals surface area contributed by atoms with Gasteiger partial charge in [0.2, 0.25) is 0 Å². The maximum absolute atomic E-state index is 12.2. The topological polar surface area (TPSA) is 54.4 Å². The van der Waals surface area contributed by atoms with Gasteiger partial charge in [0.25, 0.3) is 0 Å². The first kappa shape index (κ1) is 11.0. The Bertz CT molecular complexity index is 644. The summed E-state index contributed by atoms with van der Waals surface area (Å²) in [7, 11) is 0. The first-order valence-electron chi connectivity index (χ1n) is 5.30. The number of benzene rings is 2. The van der Waals surface area contributed by atoms with Crippen molar-refractivity contribution in [1.82, 2.24) is 0 Å². The lowest BCUT2D eigenvalue weighted by Crippen LogP contribution is -2.20.